The van der Waals surface area contributed by atoms with Gasteiger partial charge in [-0.15, -0.1) is 0 Å². The van der Waals surface area contributed by atoms with Gasteiger partial charge in [-0.25, -0.2) is 4.79 Å². The molecule has 0 bridgehead atoms. The van der Waals surface area contributed by atoms with Crippen LogP contribution < -0.4 is 5.32 Å². The second-order valence-corrected chi connectivity index (χ2v) is 9.53. The monoisotopic (exact) mass is 449 g/mol. The first-order chi connectivity index (χ1) is 15.7. The molecule has 0 unspecified atom stereocenters. The van der Waals surface area contributed by atoms with Gasteiger partial charge in [-0.3, -0.25) is 4.79 Å². The van der Waals surface area contributed by atoms with E-state index in [-0.39, 0.29) is 11.9 Å². The number of nitrogens with one attached hydrogen (secondary N) is 1. The quantitative estimate of drug-likeness (QED) is 0.104. The Hall–Kier alpha value is -1.32. The molecule has 1 amide bonds. The molecule has 1 saturated heterocycles. The first-order valence-corrected chi connectivity index (χ1v) is 13.8. The highest BCUT2D eigenvalue weighted by atomic mass is 16.5. The Morgan fingerprint density at radius 3 is 1.72 bits per heavy atom. The minimum absolute atomic E-state index is 0.0498. The van der Waals surface area contributed by atoms with Crippen molar-refractivity contribution in [2.45, 2.75) is 148 Å². The molecule has 0 aromatic rings. The molecule has 0 aromatic carbocycles. The molecule has 1 N–H and O–H groups in total. The van der Waals surface area contributed by atoms with Crippen LogP contribution in [0.5, 0.6) is 0 Å². The van der Waals surface area contributed by atoms with E-state index in [0.29, 0.717) is 19.4 Å². The lowest BCUT2D eigenvalue weighted by molar-refractivity contribution is -0.146. The minimum Gasteiger partial charge on any atom is -0.464 e. The minimum atomic E-state index is -0.419. The van der Waals surface area contributed by atoms with Crippen LogP contribution in [0, 0.1) is 0 Å². The molecule has 4 heteroatoms. The lowest BCUT2D eigenvalue weighted by atomic mass is 10.0. The fourth-order valence-electron chi connectivity index (χ4n) is 4.30. The third-order valence-corrected chi connectivity index (χ3v) is 6.43. The van der Waals surface area contributed by atoms with Gasteiger partial charge >= 0.3 is 5.97 Å². The highest BCUT2D eigenvalue weighted by Gasteiger charge is 2.28. The summed E-state index contributed by atoms with van der Waals surface area (Å²) in [5.74, 6) is -0.328. The van der Waals surface area contributed by atoms with Crippen LogP contribution in [0.3, 0.4) is 0 Å². The number of unbranched alkanes of at least 4 members (excludes halogenated alkanes) is 17. The van der Waals surface area contributed by atoms with Gasteiger partial charge in [0, 0.05) is 6.42 Å². The molecule has 1 aliphatic heterocycles. The molecule has 1 fully saturated rings. The zero-order chi connectivity index (χ0) is 23.1. The molecule has 186 valence electrons. The number of amides is 1. The molecule has 0 spiro atoms. The summed E-state index contributed by atoms with van der Waals surface area (Å²) in [6.07, 6.45) is 30.9. The van der Waals surface area contributed by atoms with E-state index in [9.17, 15) is 9.59 Å². The highest BCUT2D eigenvalue weighted by Crippen LogP contribution is 2.14. The van der Waals surface area contributed by atoms with Gasteiger partial charge in [-0.1, -0.05) is 109 Å². The first kappa shape index (κ1) is 28.7. The number of carbonyl (C=O) groups excluding carboxylic acids is 2. The average molecular weight is 450 g/mol. The van der Waals surface area contributed by atoms with Crippen molar-refractivity contribution in [3.8, 4) is 0 Å². The first-order valence-electron chi connectivity index (χ1n) is 13.8. The fourth-order valence-corrected chi connectivity index (χ4v) is 4.30. The van der Waals surface area contributed by atoms with Gasteiger partial charge in [0.25, 0.3) is 0 Å². The van der Waals surface area contributed by atoms with Crippen LogP contribution in [0.2, 0.25) is 0 Å². The van der Waals surface area contributed by atoms with E-state index in [1.807, 2.05) is 0 Å². The van der Waals surface area contributed by atoms with Crippen LogP contribution in [0.25, 0.3) is 0 Å². The summed E-state index contributed by atoms with van der Waals surface area (Å²) >= 11 is 0. The summed E-state index contributed by atoms with van der Waals surface area (Å²) in [5, 5.41) is 2.64. The summed E-state index contributed by atoms with van der Waals surface area (Å²) in [4.78, 5) is 22.9. The maximum atomic E-state index is 11.7. The topological polar surface area (TPSA) is 55.4 Å². The Morgan fingerprint density at radius 1 is 0.781 bits per heavy atom. The van der Waals surface area contributed by atoms with Crippen molar-refractivity contribution < 1.29 is 14.3 Å². The molecule has 1 rings (SSSR count). The molecule has 32 heavy (non-hydrogen) atoms. The van der Waals surface area contributed by atoms with Crippen LogP contribution in [0.4, 0.5) is 0 Å². The Labute approximate surface area is 198 Å². The highest BCUT2D eigenvalue weighted by molar-refractivity contribution is 5.87. The van der Waals surface area contributed by atoms with Crippen molar-refractivity contribution in [2.24, 2.45) is 0 Å². The van der Waals surface area contributed by atoms with E-state index < -0.39 is 6.04 Å². The van der Waals surface area contributed by atoms with Crippen molar-refractivity contribution in [2.75, 3.05) is 6.61 Å². The maximum Gasteiger partial charge on any atom is 0.328 e. The number of hydrogen-bond acceptors (Lipinski definition) is 3. The molecule has 0 saturated carbocycles. The van der Waals surface area contributed by atoms with Crippen molar-refractivity contribution >= 4 is 11.9 Å². The predicted molar refractivity (Wildman–Crippen MR) is 135 cm³/mol. The molecular formula is C28H51NO3. The van der Waals surface area contributed by atoms with E-state index in [2.05, 4.69) is 24.4 Å². The van der Waals surface area contributed by atoms with Gasteiger partial charge in [-0.05, 0) is 38.5 Å². The van der Waals surface area contributed by atoms with Gasteiger partial charge in [0.2, 0.25) is 5.91 Å². The smallest absolute Gasteiger partial charge is 0.328 e. The Balaban J connectivity index is 1.72. The summed E-state index contributed by atoms with van der Waals surface area (Å²) < 4.78 is 5.24. The van der Waals surface area contributed by atoms with E-state index in [4.69, 9.17) is 4.74 Å². The lowest BCUT2D eigenvalue weighted by Gasteiger charge is -2.09. The Morgan fingerprint density at radius 2 is 1.25 bits per heavy atom. The SMILES string of the molecule is CCCCCCCCCCCCCCCCC/C=C/CCCCOC(=O)[C@@H]1CCC(=O)N1. The van der Waals surface area contributed by atoms with Crippen molar-refractivity contribution in [3.63, 3.8) is 0 Å². The standard InChI is InChI=1S/C28H51NO3/c1-2-3-4-5-6-7-8-9-10-11-12-13-14-15-16-17-18-19-20-21-22-25-32-28(31)26-23-24-27(30)29-26/h18-19,26H,2-17,20-25H2,1H3,(H,29,30)/b19-18+/t26-/m0/s1. The molecule has 1 heterocycles. The van der Waals surface area contributed by atoms with Gasteiger partial charge < -0.3 is 10.1 Å². The summed E-state index contributed by atoms with van der Waals surface area (Å²) in [6.45, 7) is 2.74. The predicted octanol–water partition coefficient (Wildman–Crippen LogP) is 7.80. The molecule has 0 aromatic heterocycles. The Kier molecular flexibility index (Phi) is 19.3. The van der Waals surface area contributed by atoms with Crippen molar-refractivity contribution in [1.82, 2.24) is 5.32 Å². The molecular weight excluding hydrogens is 398 g/mol. The Bertz CT molecular complexity index is 489. The summed E-state index contributed by atoms with van der Waals surface area (Å²) in [5.41, 5.74) is 0. The number of esters is 1. The molecule has 0 aliphatic carbocycles. The number of carbonyl (C=O) groups is 2. The van der Waals surface area contributed by atoms with Crippen LogP contribution in [0.15, 0.2) is 12.2 Å². The third kappa shape index (κ3) is 17.3. The third-order valence-electron chi connectivity index (χ3n) is 6.43. The molecule has 0 radical (unpaired) electrons. The normalized spacial score (nSPS) is 16.0. The number of ether oxygens (including phenoxy) is 1. The molecule has 4 nitrogen and oxygen atoms in total. The van der Waals surface area contributed by atoms with E-state index in [1.165, 1.54) is 103 Å². The van der Waals surface area contributed by atoms with Gasteiger partial charge in [0.05, 0.1) is 6.61 Å². The summed E-state index contributed by atoms with van der Waals surface area (Å²) in [7, 11) is 0. The van der Waals surface area contributed by atoms with Crippen LogP contribution in [0.1, 0.15) is 142 Å². The second-order valence-electron chi connectivity index (χ2n) is 9.53. The fraction of sp³-hybridized carbons (Fsp3) is 0.857. The van der Waals surface area contributed by atoms with Crippen LogP contribution >= 0.6 is 0 Å². The average Bonchev–Trinajstić information content (AvgIpc) is 3.23. The lowest BCUT2D eigenvalue weighted by Crippen LogP contribution is -2.34. The number of allylic oxidation sites excluding steroid dienone is 2. The van der Waals surface area contributed by atoms with E-state index in [1.54, 1.807) is 0 Å². The van der Waals surface area contributed by atoms with Crippen molar-refractivity contribution in [3.05, 3.63) is 12.2 Å². The molecule has 1 atom stereocenters. The molecule has 1 aliphatic rings. The second kappa shape index (κ2) is 21.5. The van der Waals surface area contributed by atoms with Crippen molar-refractivity contribution in [1.29, 1.82) is 0 Å². The largest absolute Gasteiger partial charge is 0.464 e. The van der Waals surface area contributed by atoms with Gasteiger partial charge in [-0.2, -0.15) is 0 Å². The zero-order valence-corrected chi connectivity index (χ0v) is 21.0. The van der Waals surface area contributed by atoms with Crippen LogP contribution in [-0.2, 0) is 14.3 Å². The zero-order valence-electron chi connectivity index (χ0n) is 21.0. The van der Waals surface area contributed by atoms with Crippen LogP contribution in [-0.4, -0.2) is 24.5 Å². The van der Waals surface area contributed by atoms with Gasteiger partial charge in [0.15, 0.2) is 0 Å². The van der Waals surface area contributed by atoms with E-state index in [0.717, 1.165) is 19.3 Å². The van der Waals surface area contributed by atoms with Gasteiger partial charge in [0.1, 0.15) is 6.04 Å². The van der Waals surface area contributed by atoms with E-state index >= 15 is 0 Å². The number of rotatable bonds is 22. The number of hydrogen-bond donors (Lipinski definition) is 1. The maximum absolute atomic E-state index is 11.7. The summed E-state index contributed by atoms with van der Waals surface area (Å²) in [6, 6.07) is -0.419.